The van der Waals surface area contributed by atoms with Crippen LogP contribution in [0.4, 0.5) is 11.4 Å². The molecule has 0 aliphatic rings. The fraction of sp³-hybridized carbons (Fsp3) is 0. The predicted octanol–water partition coefficient (Wildman–Crippen LogP) is 6.54. The van der Waals surface area contributed by atoms with Crippen molar-refractivity contribution in [3.05, 3.63) is 108 Å². The van der Waals surface area contributed by atoms with Crippen molar-refractivity contribution in [2.75, 3.05) is 0 Å². The number of halogens is 2. The Labute approximate surface area is 228 Å². The number of nitro groups is 2. The van der Waals surface area contributed by atoms with Gasteiger partial charge in [0.05, 0.1) is 19.8 Å². The van der Waals surface area contributed by atoms with Crippen LogP contribution < -0.4 is 0 Å². The molecule has 3 aromatic carbocycles. The molecule has 0 saturated heterocycles. The Balaban J connectivity index is 1.62. The topological polar surface area (TPSA) is 169 Å². The summed E-state index contributed by atoms with van der Waals surface area (Å²) in [6, 6.07) is 15.6. The number of non-ortho nitro benzene ring substituents is 1. The number of allylic oxidation sites excluding steroid dienone is 1. The van der Waals surface area contributed by atoms with Crippen LogP contribution in [0.3, 0.4) is 0 Å². The second-order valence-electron chi connectivity index (χ2n) is 7.48. The van der Waals surface area contributed by atoms with Gasteiger partial charge in [-0.05, 0) is 47.7 Å². The van der Waals surface area contributed by atoms with Crippen LogP contribution in [-0.4, -0.2) is 30.8 Å². The van der Waals surface area contributed by atoms with Gasteiger partial charge in [-0.25, -0.2) is 4.98 Å². The van der Waals surface area contributed by atoms with E-state index in [1.807, 2.05) is 0 Å². The van der Waals surface area contributed by atoms with Gasteiger partial charge in [0, 0.05) is 34.3 Å². The van der Waals surface area contributed by atoms with Crippen LogP contribution >= 0.6 is 35.0 Å². The number of rotatable bonds is 8. The maximum atomic E-state index is 12.8. The zero-order valence-electron chi connectivity index (χ0n) is 18.8. The van der Waals surface area contributed by atoms with Gasteiger partial charge in [-0.3, -0.25) is 30.1 Å². The number of nitriles is 1. The van der Waals surface area contributed by atoms with E-state index in [0.29, 0.717) is 21.4 Å². The first-order valence-electron chi connectivity index (χ1n) is 10.4. The van der Waals surface area contributed by atoms with Crippen molar-refractivity contribution in [3.8, 4) is 17.5 Å². The first-order chi connectivity index (χ1) is 18.2. The number of aromatic nitrogens is 3. The summed E-state index contributed by atoms with van der Waals surface area (Å²) >= 11 is 13.1. The number of Topliss-reactive ketones (excluding diaryl/α,β-unsaturated/α-hetero) is 1. The van der Waals surface area contributed by atoms with E-state index in [4.69, 9.17) is 23.2 Å². The SMILES string of the molecule is N#C/C(=C/c1ccc(Sc2n[nH]c(-c3ccc(Cl)cc3Cl)n2)c([N+](=O)[O-])c1)C(=O)c1cccc([N+](=O)[O-])c1. The van der Waals surface area contributed by atoms with Gasteiger partial charge in [0.15, 0.2) is 5.82 Å². The Morgan fingerprint density at radius 1 is 1.05 bits per heavy atom. The highest BCUT2D eigenvalue weighted by Crippen LogP contribution is 2.36. The lowest BCUT2D eigenvalue weighted by molar-refractivity contribution is -0.387. The summed E-state index contributed by atoms with van der Waals surface area (Å²) in [6.07, 6.45) is 1.18. The molecule has 0 bridgehead atoms. The number of nitro benzene ring substituents is 2. The van der Waals surface area contributed by atoms with Crippen molar-refractivity contribution in [2.24, 2.45) is 0 Å². The summed E-state index contributed by atoms with van der Waals surface area (Å²) in [7, 11) is 0. The van der Waals surface area contributed by atoms with E-state index in [1.54, 1.807) is 24.3 Å². The molecule has 38 heavy (non-hydrogen) atoms. The number of nitrogens with zero attached hydrogens (tertiary/aromatic N) is 5. The number of hydrogen-bond donors (Lipinski definition) is 1. The Kier molecular flexibility index (Phi) is 7.82. The van der Waals surface area contributed by atoms with E-state index in [0.717, 1.165) is 17.8 Å². The number of H-pyrrole nitrogens is 1. The summed E-state index contributed by atoms with van der Waals surface area (Å²) in [4.78, 5) is 38.8. The summed E-state index contributed by atoms with van der Waals surface area (Å²) in [5, 5.41) is 40.1. The fourth-order valence-electron chi connectivity index (χ4n) is 3.28. The highest BCUT2D eigenvalue weighted by atomic mass is 35.5. The van der Waals surface area contributed by atoms with Crippen LogP contribution in [0.1, 0.15) is 15.9 Å². The van der Waals surface area contributed by atoms with Crippen molar-refractivity contribution in [2.45, 2.75) is 10.1 Å². The van der Waals surface area contributed by atoms with Gasteiger partial charge in [0.1, 0.15) is 11.6 Å². The second-order valence-corrected chi connectivity index (χ2v) is 9.34. The van der Waals surface area contributed by atoms with E-state index >= 15 is 0 Å². The molecule has 4 aromatic rings. The van der Waals surface area contributed by atoms with E-state index in [2.05, 4.69) is 15.2 Å². The third kappa shape index (κ3) is 5.87. The molecule has 0 spiro atoms. The average Bonchev–Trinajstić information content (AvgIpc) is 3.35. The second kappa shape index (κ2) is 11.2. The molecule has 188 valence electrons. The van der Waals surface area contributed by atoms with Crippen LogP contribution in [-0.2, 0) is 0 Å². The van der Waals surface area contributed by atoms with Crippen molar-refractivity contribution >= 4 is 58.2 Å². The van der Waals surface area contributed by atoms with Crippen molar-refractivity contribution in [3.63, 3.8) is 0 Å². The maximum Gasteiger partial charge on any atom is 0.283 e. The smallest absolute Gasteiger partial charge is 0.283 e. The van der Waals surface area contributed by atoms with Gasteiger partial charge in [-0.1, -0.05) is 41.4 Å². The van der Waals surface area contributed by atoms with Crippen LogP contribution in [0.2, 0.25) is 10.0 Å². The third-order valence-electron chi connectivity index (χ3n) is 5.03. The molecule has 0 aliphatic carbocycles. The van der Waals surface area contributed by atoms with Gasteiger partial charge >= 0.3 is 0 Å². The van der Waals surface area contributed by atoms with Gasteiger partial charge in [-0.15, -0.1) is 5.10 Å². The maximum absolute atomic E-state index is 12.8. The molecule has 0 aliphatic heterocycles. The molecule has 0 saturated carbocycles. The van der Waals surface area contributed by atoms with Gasteiger partial charge in [-0.2, -0.15) is 5.26 Å². The standard InChI is InChI=1S/C24H12Cl2N6O5S/c25-16-5-6-18(19(26)11-16)23-28-24(30-29-23)38-21-7-4-13(9-20(21)32(36)37)8-15(12-27)22(33)14-2-1-3-17(10-14)31(34)35/h1-11H,(H,28,29,30)/b15-8-. The number of benzene rings is 3. The van der Waals surface area contributed by atoms with Crippen molar-refractivity contribution in [1.29, 1.82) is 5.26 Å². The number of hydrogen-bond acceptors (Lipinski definition) is 9. The molecule has 1 aromatic heterocycles. The molecular weight excluding hydrogens is 555 g/mol. The number of carbonyl (C=O) groups excluding carboxylic acids is 1. The first kappa shape index (κ1) is 26.5. The summed E-state index contributed by atoms with van der Waals surface area (Å²) in [6.45, 7) is 0. The predicted molar refractivity (Wildman–Crippen MR) is 140 cm³/mol. The largest absolute Gasteiger partial charge is 0.288 e. The lowest BCUT2D eigenvalue weighted by Gasteiger charge is -2.03. The molecule has 0 fully saturated rings. The monoisotopic (exact) mass is 566 g/mol. The quantitative estimate of drug-likeness (QED) is 0.0817. The molecule has 0 amide bonds. The summed E-state index contributed by atoms with van der Waals surface area (Å²) < 4.78 is 0. The Morgan fingerprint density at radius 2 is 1.84 bits per heavy atom. The molecular formula is C24H12Cl2N6O5S. The Morgan fingerprint density at radius 3 is 2.53 bits per heavy atom. The lowest BCUT2D eigenvalue weighted by Crippen LogP contribution is -2.03. The summed E-state index contributed by atoms with van der Waals surface area (Å²) in [5.41, 5.74) is -0.269. The number of carbonyl (C=O) groups is 1. The minimum Gasteiger partial charge on any atom is -0.288 e. The summed E-state index contributed by atoms with van der Waals surface area (Å²) in [5.74, 6) is -0.416. The van der Waals surface area contributed by atoms with Gasteiger partial charge in [0.2, 0.25) is 10.9 Å². The molecule has 4 rings (SSSR count). The van der Waals surface area contributed by atoms with Gasteiger partial charge < -0.3 is 0 Å². The van der Waals surface area contributed by atoms with Gasteiger partial charge in [0.25, 0.3) is 11.4 Å². The van der Waals surface area contributed by atoms with Crippen LogP contribution in [0.15, 0.2) is 76.3 Å². The molecule has 1 N–H and O–H groups in total. The highest BCUT2D eigenvalue weighted by Gasteiger charge is 2.20. The van der Waals surface area contributed by atoms with E-state index in [1.165, 1.54) is 42.5 Å². The van der Waals surface area contributed by atoms with Crippen molar-refractivity contribution in [1.82, 2.24) is 15.2 Å². The van der Waals surface area contributed by atoms with Crippen LogP contribution in [0, 0.1) is 31.6 Å². The molecule has 0 radical (unpaired) electrons. The molecule has 0 unspecified atom stereocenters. The average molecular weight is 567 g/mol. The zero-order valence-corrected chi connectivity index (χ0v) is 21.1. The fourth-order valence-corrected chi connectivity index (χ4v) is 4.57. The molecule has 1 heterocycles. The zero-order chi connectivity index (χ0) is 27.4. The number of ketones is 1. The third-order valence-corrected chi connectivity index (χ3v) is 6.51. The van der Waals surface area contributed by atoms with Crippen LogP contribution in [0.25, 0.3) is 17.5 Å². The van der Waals surface area contributed by atoms with Crippen molar-refractivity contribution < 1.29 is 14.6 Å². The first-order valence-corrected chi connectivity index (χ1v) is 12.0. The Bertz CT molecular complexity index is 1680. The minimum atomic E-state index is -0.758. The number of aromatic amines is 1. The molecule has 11 nitrogen and oxygen atoms in total. The van der Waals surface area contributed by atoms with E-state index < -0.39 is 15.6 Å². The normalized spacial score (nSPS) is 11.1. The van der Waals surface area contributed by atoms with E-state index in [-0.39, 0.29) is 38.1 Å². The Hall–Kier alpha value is -4.57. The number of nitrogens with one attached hydrogen (secondary N) is 1. The van der Waals surface area contributed by atoms with Crippen LogP contribution in [0.5, 0.6) is 0 Å². The molecule has 0 atom stereocenters. The highest BCUT2D eigenvalue weighted by molar-refractivity contribution is 7.99. The minimum absolute atomic E-state index is 0.0603. The molecule has 14 heteroatoms. The lowest BCUT2D eigenvalue weighted by atomic mass is 10.0. The van der Waals surface area contributed by atoms with E-state index in [9.17, 15) is 30.3 Å².